The number of rotatable bonds is 5. The molecule has 11 heteroatoms. The van der Waals surface area contributed by atoms with E-state index < -0.39 is 10.8 Å². The van der Waals surface area contributed by atoms with Crippen LogP contribution in [-0.4, -0.2) is 26.6 Å². The molecule has 0 aliphatic rings. The molecule has 0 fully saturated rings. The highest BCUT2D eigenvalue weighted by Crippen LogP contribution is 2.34. The molecule has 0 aliphatic carbocycles. The van der Waals surface area contributed by atoms with E-state index in [2.05, 4.69) is 15.3 Å². The molecule has 0 bridgehead atoms. The zero-order chi connectivity index (χ0) is 19.6. The molecular formula is C16H10Cl2N4O4S. The number of fused-ring (bicyclic) bond motifs is 1. The van der Waals surface area contributed by atoms with E-state index in [1.54, 1.807) is 24.3 Å². The van der Waals surface area contributed by atoms with Gasteiger partial charge in [0, 0.05) is 12.1 Å². The summed E-state index contributed by atoms with van der Waals surface area (Å²) in [6.07, 6.45) is 0. The smallest absolute Gasteiger partial charge is 0.272 e. The van der Waals surface area contributed by atoms with Crippen LogP contribution in [0, 0.1) is 10.1 Å². The lowest BCUT2D eigenvalue weighted by molar-refractivity contribution is -0.384. The highest BCUT2D eigenvalue weighted by atomic mass is 35.5. The standard InChI is InChI=1S/C16H10Cl2N4O4S/c17-10-5-8(22(25)26)6-11(18)14(10)20-13(23)7-27-16-19-12-4-2-1-3-9(12)15(24)21-16/h1-6H,7H2,(H,20,23)(H,19,21,24). The Hall–Kier alpha value is -2.62. The maximum Gasteiger partial charge on any atom is 0.272 e. The number of nitrogens with zero attached hydrogens (tertiary/aromatic N) is 2. The van der Waals surface area contributed by atoms with E-state index in [1.807, 2.05) is 0 Å². The Bertz CT molecular complexity index is 1100. The summed E-state index contributed by atoms with van der Waals surface area (Å²) >= 11 is 12.9. The molecule has 27 heavy (non-hydrogen) atoms. The minimum atomic E-state index is -0.638. The maximum absolute atomic E-state index is 12.2. The lowest BCUT2D eigenvalue weighted by atomic mass is 10.2. The third kappa shape index (κ3) is 4.38. The lowest BCUT2D eigenvalue weighted by Gasteiger charge is -2.09. The molecule has 3 aromatic rings. The molecule has 0 atom stereocenters. The fraction of sp³-hybridized carbons (Fsp3) is 0.0625. The second-order valence-electron chi connectivity index (χ2n) is 5.27. The predicted octanol–water partition coefficient (Wildman–Crippen LogP) is 3.87. The number of H-pyrrole nitrogens is 1. The number of benzene rings is 2. The van der Waals surface area contributed by atoms with Crippen molar-refractivity contribution >= 4 is 63.1 Å². The van der Waals surface area contributed by atoms with Gasteiger partial charge < -0.3 is 10.3 Å². The molecule has 138 valence electrons. The van der Waals surface area contributed by atoms with Gasteiger partial charge in [0.25, 0.3) is 11.2 Å². The molecule has 0 unspecified atom stereocenters. The average Bonchev–Trinajstić information content (AvgIpc) is 2.63. The Balaban J connectivity index is 1.72. The number of amides is 1. The van der Waals surface area contributed by atoms with Gasteiger partial charge in [-0.3, -0.25) is 19.7 Å². The van der Waals surface area contributed by atoms with Gasteiger partial charge in [-0.2, -0.15) is 0 Å². The molecule has 3 rings (SSSR count). The van der Waals surface area contributed by atoms with Crippen LogP contribution in [0.5, 0.6) is 0 Å². The van der Waals surface area contributed by atoms with Crippen molar-refractivity contribution in [3.8, 4) is 0 Å². The van der Waals surface area contributed by atoms with Gasteiger partial charge in [0.1, 0.15) is 0 Å². The lowest BCUT2D eigenvalue weighted by Crippen LogP contribution is -2.16. The Morgan fingerprint density at radius 1 is 1.26 bits per heavy atom. The van der Waals surface area contributed by atoms with Crippen molar-refractivity contribution in [3.63, 3.8) is 0 Å². The molecular weight excluding hydrogens is 415 g/mol. The van der Waals surface area contributed by atoms with Crippen LogP contribution >= 0.6 is 35.0 Å². The number of nitro benzene ring substituents is 1. The molecule has 2 N–H and O–H groups in total. The zero-order valence-electron chi connectivity index (χ0n) is 13.4. The largest absolute Gasteiger partial charge is 0.323 e. The fourth-order valence-corrected chi connectivity index (χ4v) is 3.47. The van der Waals surface area contributed by atoms with Crippen molar-refractivity contribution < 1.29 is 9.72 Å². The normalized spacial score (nSPS) is 10.7. The number of carbonyl (C=O) groups excluding carboxylic acids is 1. The van der Waals surface area contributed by atoms with Gasteiger partial charge in [-0.1, -0.05) is 47.1 Å². The quantitative estimate of drug-likeness (QED) is 0.277. The molecule has 0 spiro atoms. The topological polar surface area (TPSA) is 118 Å². The monoisotopic (exact) mass is 424 g/mol. The highest BCUT2D eigenvalue weighted by molar-refractivity contribution is 7.99. The van der Waals surface area contributed by atoms with Crippen molar-refractivity contribution in [1.82, 2.24) is 9.97 Å². The van der Waals surface area contributed by atoms with Crippen LogP contribution in [0.3, 0.4) is 0 Å². The first-order chi connectivity index (χ1) is 12.8. The summed E-state index contributed by atoms with van der Waals surface area (Å²) in [5, 5.41) is 13.9. The van der Waals surface area contributed by atoms with Crippen molar-refractivity contribution in [2.24, 2.45) is 0 Å². The van der Waals surface area contributed by atoms with Crippen LogP contribution < -0.4 is 10.9 Å². The van der Waals surface area contributed by atoms with Crippen LogP contribution in [0.1, 0.15) is 0 Å². The second kappa shape index (κ2) is 7.95. The minimum Gasteiger partial charge on any atom is -0.323 e. The number of hydrogen-bond acceptors (Lipinski definition) is 6. The van der Waals surface area contributed by atoms with Gasteiger partial charge in [-0.05, 0) is 12.1 Å². The SMILES string of the molecule is O=C(CSc1nc2ccccc2c(=O)[nH]1)Nc1c(Cl)cc([N+](=O)[O-])cc1Cl. The Labute approximate surface area is 166 Å². The van der Waals surface area contributed by atoms with E-state index in [4.69, 9.17) is 23.2 Å². The van der Waals surface area contributed by atoms with Gasteiger partial charge in [0.05, 0.1) is 37.3 Å². The van der Waals surface area contributed by atoms with E-state index in [0.29, 0.717) is 10.9 Å². The number of carbonyl (C=O) groups is 1. The number of para-hydroxylation sites is 1. The number of hydrogen-bond donors (Lipinski definition) is 2. The first-order valence-corrected chi connectivity index (χ1v) is 9.14. The first kappa shape index (κ1) is 19.2. The van der Waals surface area contributed by atoms with Gasteiger partial charge in [-0.15, -0.1) is 0 Å². The Morgan fingerprint density at radius 3 is 2.59 bits per heavy atom. The Morgan fingerprint density at radius 2 is 1.93 bits per heavy atom. The van der Waals surface area contributed by atoms with Crippen LogP contribution in [0.2, 0.25) is 10.0 Å². The molecule has 2 aromatic carbocycles. The number of nitro groups is 1. The highest BCUT2D eigenvalue weighted by Gasteiger charge is 2.17. The van der Waals surface area contributed by atoms with E-state index in [0.717, 1.165) is 23.9 Å². The van der Waals surface area contributed by atoms with Crippen LogP contribution in [0.4, 0.5) is 11.4 Å². The van der Waals surface area contributed by atoms with Crippen molar-refractivity contribution in [1.29, 1.82) is 0 Å². The number of aromatic nitrogens is 2. The van der Waals surface area contributed by atoms with Crippen LogP contribution in [0.25, 0.3) is 10.9 Å². The van der Waals surface area contributed by atoms with Gasteiger partial charge in [-0.25, -0.2) is 4.98 Å². The number of thioether (sulfide) groups is 1. The minimum absolute atomic E-state index is 0.0511. The molecule has 1 aromatic heterocycles. The summed E-state index contributed by atoms with van der Waals surface area (Å²) in [6, 6.07) is 9.04. The van der Waals surface area contributed by atoms with Crippen molar-refractivity contribution in [3.05, 3.63) is 66.9 Å². The van der Waals surface area contributed by atoms with E-state index >= 15 is 0 Å². The van der Waals surface area contributed by atoms with Gasteiger partial charge in [0.2, 0.25) is 5.91 Å². The molecule has 1 heterocycles. The average molecular weight is 425 g/mol. The zero-order valence-corrected chi connectivity index (χ0v) is 15.7. The van der Waals surface area contributed by atoms with Crippen LogP contribution in [0.15, 0.2) is 46.3 Å². The van der Waals surface area contributed by atoms with Crippen molar-refractivity contribution in [2.75, 3.05) is 11.1 Å². The third-order valence-electron chi connectivity index (χ3n) is 3.43. The van der Waals surface area contributed by atoms with Crippen molar-refractivity contribution in [2.45, 2.75) is 5.16 Å². The Kier molecular flexibility index (Phi) is 5.64. The van der Waals surface area contributed by atoms with Gasteiger partial charge >= 0.3 is 0 Å². The second-order valence-corrected chi connectivity index (χ2v) is 7.05. The maximum atomic E-state index is 12.2. The summed E-state index contributed by atoms with van der Waals surface area (Å²) in [5.74, 6) is -0.543. The summed E-state index contributed by atoms with van der Waals surface area (Å²) in [4.78, 5) is 41.2. The fourth-order valence-electron chi connectivity index (χ4n) is 2.23. The number of nitrogens with one attached hydrogen (secondary N) is 2. The van der Waals surface area contributed by atoms with E-state index in [-0.39, 0.29) is 37.9 Å². The van der Waals surface area contributed by atoms with E-state index in [9.17, 15) is 19.7 Å². The molecule has 0 saturated carbocycles. The number of halogens is 2. The van der Waals surface area contributed by atoms with E-state index in [1.165, 1.54) is 0 Å². The van der Waals surface area contributed by atoms with Crippen LogP contribution in [-0.2, 0) is 4.79 Å². The number of non-ortho nitro benzene ring substituents is 1. The molecule has 8 nitrogen and oxygen atoms in total. The number of anilines is 1. The molecule has 1 amide bonds. The summed E-state index contributed by atoms with van der Waals surface area (Å²) in [7, 11) is 0. The van der Waals surface area contributed by atoms with Gasteiger partial charge in [0.15, 0.2) is 5.16 Å². The molecule has 0 saturated heterocycles. The predicted molar refractivity (Wildman–Crippen MR) is 105 cm³/mol. The summed E-state index contributed by atoms with van der Waals surface area (Å²) in [5.41, 5.74) is 0.0143. The molecule has 0 radical (unpaired) electrons. The molecule has 0 aliphatic heterocycles. The summed E-state index contributed by atoms with van der Waals surface area (Å²) in [6.45, 7) is 0. The number of aromatic amines is 1. The summed E-state index contributed by atoms with van der Waals surface area (Å²) < 4.78 is 0. The first-order valence-electron chi connectivity index (χ1n) is 7.40. The third-order valence-corrected chi connectivity index (χ3v) is 4.90.